The third-order valence-corrected chi connectivity index (χ3v) is 2.81. The Morgan fingerprint density at radius 3 is 2.86 bits per heavy atom. The zero-order valence-electron chi connectivity index (χ0n) is 10.8. The Labute approximate surface area is 119 Å². The number of hydrogen-bond acceptors (Lipinski definition) is 5. The van der Waals surface area contributed by atoms with Gasteiger partial charge in [0.05, 0.1) is 35.5 Å². The molecular formula is C14H11N5O2. The molecule has 1 aromatic carbocycles. The van der Waals surface area contributed by atoms with Crippen LogP contribution in [0.15, 0.2) is 55.1 Å². The van der Waals surface area contributed by atoms with Gasteiger partial charge >= 0.3 is 0 Å². The van der Waals surface area contributed by atoms with Gasteiger partial charge < -0.3 is 10.4 Å². The van der Waals surface area contributed by atoms with Gasteiger partial charge in [-0.15, -0.1) is 5.10 Å². The summed E-state index contributed by atoms with van der Waals surface area (Å²) in [6, 6.07) is 8.55. The van der Waals surface area contributed by atoms with Crippen molar-refractivity contribution >= 4 is 11.6 Å². The van der Waals surface area contributed by atoms with E-state index >= 15 is 0 Å². The smallest absolute Gasteiger partial charge is 0.257 e. The van der Waals surface area contributed by atoms with Gasteiger partial charge in [0.2, 0.25) is 0 Å². The normalized spacial score (nSPS) is 10.3. The van der Waals surface area contributed by atoms with E-state index in [0.29, 0.717) is 11.4 Å². The number of carbonyl (C=O) groups excluding carboxylic acids is 1. The molecule has 0 aliphatic carbocycles. The Balaban J connectivity index is 1.90. The first-order chi connectivity index (χ1) is 10.2. The molecule has 3 aromatic rings. The first kappa shape index (κ1) is 12.8. The number of para-hydroxylation sites is 2. The largest absolute Gasteiger partial charge is 0.506 e. The molecule has 0 saturated carbocycles. The van der Waals surface area contributed by atoms with Gasteiger partial charge in [0.25, 0.3) is 5.91 Å². The number of aromatic nitrogens is 4. The summed E-state index contributed by atoms with van der Waals surface area (Å²) in [4.78, 5) is 16.0. The maximum Gasteiger partial charge on any atom is 0.257 e. The van der Waals surface area contributed by atoms with E-state index in [0.717, 1.165) is 0 Å². The minimum Gasteiger partial charge on any atom is -0.506 e. The molecule has 3 rings (SSSR count). The Kier molecular flexibility index (Phi) is 3.30. The number of nitrogens with one attached hydrogen (secondary N) is 1. The summed E-state index contributed by atoms with van der Waals surface area (Å²) in [5.41, 5.74) is 1.54. The number of amides is 1. The molecule has 0 atom stereocenters. The highest BCUT2D eigenvalue weighted by Crippen LogP contribution is 2.20. The van der Waals surface area contributed by atoms with Gasteiger partial charge in [-0.25, -0.2) is 4.68 Å². The second kappa shape index (κ2) is 5.41. The van der Waals surface area contributed by atoms with Gasteiger partial charge in [0.1, 0.15) is 5.75 Å². The van der Waals surface area contributed by atoms with Crippen LogP contribution in [0.25, 0.3) is 5.69 Å². The minimum atomic E-state index is -0.369. The van der Waals surface area contributed by atoms with Crippen LogP contribution in [0.1, 0.15) is 10.4 Å². The quantitative estimate of drug-likeness (QED) is 0.761. The number of hydrogen-bond donors (Lipinski definition) is 2. The maximum absolute atomic E-state index is 12.2. The first-order valence-electron chi connectivity index (χ1n) is 6.15. The predicted molar refractivity (Wildman–Crippen MR) is 75.2 cm³/mol. The van der Waals surface area contributed by atoms with Gasteiger partial charge in [0.15, 0.2) is 0 Å². The maximum atomic E-state index is 12.2. The molecule has 0 spiro atoms. The highest BCUT2D eigenvalue weighted by atomic mass is 16.3. The zero-order valence-corrected chi connectivity index (χ0v) is 10.8. The van der Waals surface area contributed by atoms with Gasteiger partial charge in [-0.2, -0.15) is 0 Å². The SMILES string of the molecule is O=C(Nc1ccccc1-n1ccnn1)c1cncc(O)c1. The van der Waals surface area contributed by atoms with E-state index in [4.69, 9.17) is 0 Å². The Morgan fingerprint density at radius 2 is 2.10 bits per heavy atom. The zero-order chi connectivity index (χ0) is 14.7. The molecule has 0 saturated heterocycles. The van der Waals surface area contributed by atoms with Crippen molar-refractivity contribution in [2.24, 2.45) is 0 Å². The summed E-state index contributed by atoms with van der Waals surface area (Å²) >= 11 is 0. The van der Waals surface area contributed by atoms with Crippen LogP contribution in [0, 0.1) is 0 Å². The predicted octanol–water partition coefficient (Wildman–Crippen LogP) is 1.62. The molecule has 2 aromatic heterocycles. The Bertz CT molecular complexity index is 771. The van der Waals surface area contributed by atoms with Crippen LogP contribution < -0.4 is 5.32 Å². The molecular weight excluding hydrogens is 270 g/mol. The van der Waals surface area contributed by atoms with E-state index in [1.165, 1.54) is 18.5 Å². The molecule has 2 N–H and O–H groups in total. The first-order valence-corrected chi connectivity index (χ1v) is 6.15. The van der Waals surface area contributed by atoms with Crippen molar-refractivity contribution < 1.29 is 9.90 Å². The highest BCUT2D eigenvalue weighted by molar-refractivity contribution is 6.05. The van der Waals surface area contributed by atoms with Crippen molar-refractivity contribution in [3.63, 3.8) is 0 Å². The lowest BCUT2D eigenvalue weighted by atomic mass is 10.2. The number of carbonyl (C=O) groups is 1. The molecule has 0 unspecified atom stereocenters. The van der Waals surface area contributed by atoms with Crippen molar-refractivity contribution in [1.29, 1.82) is 0 Å². The molecule has 0 bridgehead atoms. The topological polar surface area (TPSA) is 92.9 Å². The van der Waals surface area contributed by atoms with Crippen LogP contribution in [-0.4, -0.2) is 31.0 Å². The van der Waals surface area contributed by atoms with E-state index in [1.807, 2.05) is 12.1 Å². The third-order valence-electron chi connectivity index (χ3n) is 2.81. The van der Waals surface area contributed by atoms with Crippen LogP contribution in [0.3, 0.4) is 0 Å². The number of aromatic hydroxyl groups is 1. The Hall–Kier alpha value is -3.22. The summed E-state index contributed by atoms with van der Waals surface area (Å²) in [7, 11) is 0. The van der Waals surface area contributed by atoms with Crippen LogP contribution in [0.2, 0.25) is 0 Å². The number of anilines is 1. The average molecular weight is 281 g/mol. The van der Waals surface area contributed by atoms with E-state index in [9.17, 15) is 9.90 Å². The lowest BCUT2D eigenvalue weighted by Crippen LogP contribution is -2.14. The van der Waals surface area contributed by atoms with E-state index in [1.54, 1.807) is 29.2 Å². The van der Waals surface area contributed by atoms with Crippen LogP contribution in [0.5, 0.6) is 5.75 Å². The van der Waals surface area contributed by atoms with Crippen molar-refractivity contribution in [1.82, 2.24) is 20.0 Å². The molecule has 0 aliphatic rings. The number of rotatable bonds is 3. The lowest BCUT2D eigenvalue weighted by Gasteiger charge is -2.10. The van der Waals surface area contributed by atoms with E-state index in [-0.39, 0.29) is 17.2 Å². The van der Waals surface area contributed by atoms with Gasteiger partial charge in [-0.3, -0.25) is 9.78 Å². The number of nitrogens with zero attached hydrogens (tertiary/aromatic N) is 4. The van der Waals surface area contributed by atoms with Crippen molar-refractivity contribution in [3.8, 4) is 11.4 Å². The van der Waals surface area contributed by atoms with Crippen molar-refractivity contribution in [3.05, 3.63) is 60.7 Å². The molecule has 0 aliphatic heterocycles. The fourth-order valence-electron chi connectivity index (χ4n) is 1.86. The number of benzene rings is 1. The molecule has 7 heteroatoms. The highest BCUT2D eigenvalue weighted by Gasteiger charge is 2.11. The lowest BCUT2D eigenvalue weighted by molar-refractivity contribution is 0.102. The van der Waals surface area contributed by atoms with Gasteiger partial charge in [-0.05, 0) is 18.2 Å². The standard InChI is InChI=1S/C14H11N5O2/c20-11-7-10(8-15-9-11)14(21)17-12-3-1-2-4-13(12)19-6-5-16-18-19/h1-9,20H,(H,17,21). The average Bonchev–Trinajstić information content (AvgIpc) is 3.02. The van der Waals surface area contributed by atoms with Crippen molar-refractivity contribution in [2.45, 2.75) is 0 Å². The third kappa shape index (κ3) is 2.71. The molecule has 0 radical (unpaired) electrons. The summed E-state index contributed by atoms with van der Waals surface area (Å²) in [5.74, 6) is -0.432. The molecule has 7 nitrogen and oxygen atoms in total. The van der Waals surface area contributed by atoms with Gasteiger partial charge in [-0.1, -0.05) is 17.3 Å². The summed E-state index contributed by atoms with van der Waals surface area (Å²) in [5, 5.41) is 19.8. The Morgan fingerprint density at radius 1 is 1.24 bits per heavy atom. The van der Waals surface area contributed by atoms with Crippen LogP contribution in [-0.2, 0) is 0 Å². The number of pyridine rings is 1. The van der Waals surface area contributed by atoms with Crippen LogP contribution in [0.4, 0.5) is 5.69 Å². The summed E-state index contributed by atoms with van der Waals surface area (Å²) in [6.07, 6.45) is 5.88. The second-order valence-corrected chi connectivity index (χ2v) is 4.25. The van der Waals surface area contributed by atoms with Crippen molar-refractivity contribution in [2.75, 3.05) is 5.32 Å². The van der Waals surface area contributed by atoms with Gasteiger partial charge in [0, 0.05) is 6.20 Å². The molecule has 104 valence electrons. The monoisotopic (exact) mass is 281 g/mol. The summed E-state index contributed by atoms with van der Waals surface area (Å²) < 4.78 is 1.55. The molecule has 21 heavy (non-hydrogen) atoms. The summed E-state index contributed by atoms with van der Waals surface area (Å²) in [6.45, 7) is 0. The molecule has 0 fully saturated rings. The molecule has 2 heterocycles. The fourth-order valence-corrected chi connectivity index (χ4v) is 1.86. The molecule has 1 amide bonds. The minimum absolute atomic E-state index is 0.0628. The second-order valence-electron chi connectivity index (χ2n) is 4.25. The fraction of sp³-hybridized carbons (Fsp3) is 0. The van der Waals surface area contributed by atoms with Crippen LogP contribution >= 0.6 is 0 Å². The van der Waals surface area contributed by atoms with E-state index < -0.39 is 0 Å². The van der Waals surface area contributed by atoms with E-state index in [2.05, 4.69) is 20.6 Å².